The smallest absolute Gasteiger partial charge is 0.410 e. The average Bonchev–Trinajstić information content (AvgIpc) is 2.64. The van der Waals surface area contributed by atoms with E-state index in [0.717, 1.165) is 5.56 Å². The zero-order valence-corrected chi connectivity index (χ0v) is 16.2. The first-order chi connectivity index (χ1) is 12.7. The van der Waals surface area contributed by atoms with Crippen molar-refractivity contribution in [1.29, 1.82) is 5.26 Å². The molecule has 0 unspecified atom stereocenters. The number of amides is 2. The molecule has 0 aromatic heterocycles. The van der Waals surface area contributed by atoms with Gasteiger partial charge in [0.15, 0.2) is 0 Å². The molecule has 0 saturated carbocycles. The van der Waals surface area contributed by atoms with Gasteiger partial charge in [-0.1, -0.05) is 30.3 Å². The first kappa shape index (κ1) is 20.6. The molecule has 0 spiro atoms. The number of carbonyl (C=O) groups excluding carboxylic acids is 2. The van der Waals surface area contributed by atoms with Gasteiger partial charge >= 0.3 is 12.2 Å². The standard InChI is InChI=1S/C20H27N3O4/c1-19(2,3)27-18(25)23-11-9-20(14-21,10-12-23)15-22-17(24)26-13-16-7-5-4-6-8-16/h4-8H,9-13,15H2,1-3H3,(H,22,24). The van der Waals surface area contributed by atoms with E-state index < -0.39 is 17.1 Å². The van der Waals surface area contributed by atoms with Crippen LogP contribution in [0, 0.1) is 16.7 Å². The van der Waals surface area contributed by atoms with E-state index in [1.807, 2.05) is 51.1 Å². The van der Waals surface area contributed by atoms with Crippen LogP contribution in [-0.2, 0) is 16.1 Å². The van der Waals surface area contributed by atoms with E-state index in [9.17, 15) is 14.9 Å². The van der Waals surface area contributed by atoms with Gasteiger partial charge in [0.05, 0.1) is 11.5 Å². The Balaban J connectivity index is 1.79. The number of hydrogen-bond donors (Lipinski definition) is 1. The second-order valence-electron chi connectivity index (χ2n) is 7.77. The van der Waals surface area contributed by atoms with Crippen molar-refractivity contribution in [1.82, 2.24) is 10.2 Å². The number of rotatable bonds is 4. The summed E-state index contributed by atoms with van der Waals surface area (Å²) in [6.07, 6.45) is 0.0241. The lowest BCUT2D eigenvalue weighted by Gasteiger charge is -2.37. The van der Waals surface area contributed by atoms with Crippen LogP contribution in [0.5, 0.6) is 0 Å². The van der Waals surface area contributed by atoms with Gasteiger partial charge in [-0.3, -0.25) is 0 Å². The number of piperidine rings is 1. The summed E-state index contributed by atoms with van der Waals surface area (Å²) >= 11 is 0. The van der Waals surface area contributed by atoms with Gasteiger partial charge in [-0.15, -0.1) is 0 Å². The second kappa shape index (κ2) is 8.76. The Kier molecular flexibility index (Phi) is 6.67. The number of likely N-dealkylation sites (tertiary alicyclic amines) is 1. The SMILES string of the molecule is CC(C)(C)OC(=O)N1CCC(C#N)(CNC(=O)OCc2ccccc2)CC1. The molecule has 27 heavy (non-hydrogen) atoms. The van der Waals surface area contributed by atoms with Crippen LogP contribution in [-0.4, -0.2) is 42.3 Å². The maximum Gasteiger partial charge on any atom is 0.410 e. The molecule has 7 nitrogen and oxygen atoms in total. The molecule has 7 heteroatoms. The van der Waals surface area contributed by atoms with Gasteiger partial charge in [0, 0.05) is 19.6 Å². The van der Waals surface area contributed by atoms with E-state index >= 15 is 0 Å². The van der Waals surface area contributed by atoms with Crippen LogP contribution in [0.1, 0.15) is 39.2 Å². The van der Waals surface area contributed by atoms with E-state index in [4.69, 9.17) is 9.47 Å². The summed E-state index contributed by atoms with van der Waals surface area (Å²) in [6, 6.07) is 11.7. The van der Waals surface area contributed by atoms with Gasteiger partial charge < -0.3 is 19.7 Å². The van der Waals surface area contributed by atoms with Crippen LogP contribution in [0.4, 0.5) is 9.59 Å². The molecule has 1 saturated heterocycles. The highest BCUT2D eigenvalue weighted by atomic mass is 16.6. The molecular weight excluding hydrogens is 346 g/mol. The topological polar surface area (TPSA) is 91.7 Å². The Labute approximate surface area is 160 Å². The fourth-order valence-corrected chi connectivity index (χ4v) is 2.79. The van der Waals surface area contributed by atoms with Crippen molar-refractivity contribution in [2.45, 2.75) is 45.8 Å². The first-order valence-corrected chi connectivity index (χ1v) is 9.07. The van der Waals surface area contributed by atoms with Gasteiger partial charge in [-0.25, -0.2) is 9.59 Å². The summed E-state index contributed by atoms with van der Waals surface area (Å²) in [5.41, 5.74) is -0.358. The van der Waals surface area contributed by atoms with Crippen LogP contribution in [0.3, 0.4) is 0 Å². The zero-order valence-electron chi connectivity index (χ0n) is 16.2. The minimum absolute atomic E-state index is 0.179. The van der Waals surface area contributed by atoms with Crippen LogP contribution in [0.15, 0.2) is 30.3 Å². The average molecular weight is 373 g/mol. The summed E-state index contributed by atoms with van der Waals surface area (Å²) in [7, 11) is 0. The van der Waals surface area contributed by atoms with E-state index in [2.05, 4.69) is 11.4 Å². The van der Waals surface area contributed by atoms with Gasteiger partial charge in [0.1, 0.15) is 12.2 Å². The van der Waals surface area contributed by atoms with Crippen LogP contribution >= 0.6 is 0 Å². The molecule has 1 heterocycles. The fourth-order valence-electron chi connectivity index (χ4n) is 2.79. The summed E-state index contributed by atoms with van der Waals surface area (Å²) in [5.74, 6) is 0. The third-order valence-electron chi connectivity index (χ3n) is 4.39. The van der Waals surface area contributed by atoms with Crippen molar-refractivity contribution >= 4 is 12.2 Å². The Morgan fingerprint density at radius 1 is 1.22 bits per heavy atom. The summed E-state index contributed by atoms with van der Waals surface area (Å²) < 4.78 is 10.5. The summed E-state index contributed by atoms with van der Waals surface area (Å²) in [6.45, 7) is 6.67. The van der Waals surface area contributed by atoms with Gasteiger partial charge in [0.25, 0.3) is 0 Å². The van der Waals surface area contributed by atoms with Crippen molar-refractivity contribution in [3.05, 3.63) is 35.9 Å². The quantitative estimate of drug-likeness (QED) is 0.873. The normalized spacial score (nSPS) is 16.1. The highest BCUT2D eigenvalue weighted by molar-refractivity contribution is 5.68. The summed E-state index contributed by atoms with van der Waals surface area (Å²) in [5, 5.41) is 12.3. The molecule has 1 aliphatic rings. The molecule has 0 atom stereocenters. The minimum atomic E-state index is -0.704. The molecular formula is C20H27N3O4. The maximum absolute atomic E-state index is 12.1. The monoisotopic (exact) mass is 373 g/mol. The molecule has 2 rings (SSSR count). The first-order valence-electron chi connectivity index (χ1n) is 9.07. The minimum Gasteiger partial charge on any atom is -0.445 e. The van der Waals surface area contributed by atoms with E-state index in [1.54, 1.807) is 4.90 Å². The highest BCUT2D eigenvalue weighted by Gasteiger charge is 2.37. The van der Waals surface area contributed by atoms with Crippen molar-refractivity contribution < 1.29 is 19.1 Å². The van der Waals surface area contributed by atoms with Gasteiger partial charge in [0.2, 0.25) is 0 Å². The molecule has 2 amide bonds. The second-order valence-corrected chi connectivity index (χ2v) is 7.77. The predicted octanol–water partition coefficient (Wildman–Crippen LogP) is 3.45. The van der Waals surface area contributed by atoms with Gasteiger partial charge in [-0.2, -0.15) is 5.26 Å². The van der Waals surface area contributed by atoms with Crippen molar-refractivity contribution in [3.63, 3.8) is 0 Å². The molecule has 146 valence electrons. The summed E-state index contributed by atoms with van der Waals surface area (Å²) in [4.78, 5) is 25.7. The molecule has 1 aliphatic heterocycles. The molecule has 0 radical (unpaired) electrons. The van der Waals surface area contributed by atoms with Crippen LogP contribution in [0.2, 0.25) is 0 Å². The van der Waals surface area contributed by atoms with Crippen LogP contribution < -0.4 is 5.32 Å². The van der Waals surface area contributed by atoms with Crippen molar-refractivity contribution in [2.24, 2.45) is 5.41 Å². The number of nitrogens with zero attached hydrogens (tertiary/aromatic N) is 2. The number of nitrogens with one attached hydrogen (secondary N) is 1. The lowest BCUT2D eigenvalue weighted by atomic mass is 9.80. The Hall–Kier alpha value is -2.75. The Morgan fingerprint density at radius 3 is 2.41 bits per heavy atom. The molecule has 1 aromatic rings. The maximum atomic E-state index is 12.1. The van der Waals surface area contributed by atoms with Crippen LogP contribution in [0.25, 0.3) is 0 Å². The number of hydrogen-bond acceptors (Lipinski definition) is 5. The lowest BCUT2D eigenvalue weighted by Crippen LogP contribution is -2.48. The third-order valence-corrected chi connectivity index (χ3v) is 4.39. The highest BCUT2D eigenvalue weighted by Crippen LogP contribution is 2.30. The number of ether oxygens (including phenoxy) is 2. The lowest BCUT2D eigenvalue weighted by molar-refractivity contribution is 0.0147. The fraction of sp³-hybridized carbons (Fsp3) is 0.550. The zero-order chi connectivity index (χ0) is 19.9. The predicted molar refractivity (Wildman–Crippen MR) is 99.7 cm³/mol. The van der Waals surface area contributed by atoms with Crippen molar-refractivity contribution in [3.8, 4) is 6.07 Å². The van der Waals surface area contributed by atoms with E-state index in [1.165, 1.54) is 0 Å². The third kappa shape index (κ3) is 6.48. The molecule has 1 fully saturated rings. The van der Waals surface area contributed by atoms with E-state index in [0.29, 0.717) is 25.9 Å². The Morgan fingerprint density at radius 2 is 1.85 bits per heavy atom. The molecule has 1 aromatic carbocycles. The molecule has 0 aliphatic carbocycles. The molecule has 0 bridgehead atoms. The van der Waals surface area contributed by atoms with Gasteiger partial charge in [-0.05, 0) is 39.2 Å². The van der Waals surface area contributed by atoms with E-state index in [-0.39, 0.29) is 19.2 Å². The molecule has 1 N–H and O–H groups in total. The van der Waals surface area contributed by atoms with Crippen molar-refractivity contribution in [2.75, 3.05) is 19.6 Å². The number of alkyl carbamates (subject to hydrolysis) is 1. The number of nitriles is 1. The number of carbonyl (C=O) groups is 2. The Bertz CT molecular complexity index is 683. The largest absolute Gasteiger partial charge is 0.445 e. The number of benzene rings is 1.